The van der Waals surface area contributed by atoms with Crippen molar-refractivity contribution in [2.45, 2.75) is 70.1 Å². The predicted octanol–water partition coefficient (Wildman–Crippen LogP) is -1.93. The lowest BCUT2D eigenvalue weighted by Crippen LogP contribution is -2.58. The summed E-state index contributed by atoms with van der Waals surface area (Å²) in [6.45, 7) is 3.82. The minimum Gasteiger partial charge on any atom is -0.480 e. The summed E-state index contributed by atoms with van der Waals surface area (Å²) < 4.78 is 0. The molecule has 0 radical (unpaired) electrons. The predicted molar refractivity (Wildman–Crippen MR) is 145 cm³/mol. The number of amides is 4. The molecule has 0 fully saturated rings. The molecule has 14 nitrogen and oxygen atoms in total. The number of carboxylic acid groups (broad SMARTS) is 1. The number of carbonyl (C=O) groups excluding carboxylic acids is 4. The van der Waals surface area contributed by atoms with Gasteiger partial charge in [-0.05, 0) is 37.2 Å². The van der Waals surface area contributed by atoms with Crippen LogP contribution >= 0.6 is 0 Å². The number of carbonyl (C=O) groups is 5. The van der Waals surface area contributed by atoms with E-state index in [1.165, 1.54) is 0 Å². The average Bonchev–Trinajstić information content (AvgIpc) is 2.84. The largest absolute Gasteiger partial charge is 0.480 e. The van der Waals surface area contributed by atoms with E-state index in [4.69, 9.17) is 22.9 Å². The van der Waals surface area contributed by atoms with Crippen molar-refractivity contribution in [1.29, 1.82) is 0 Å². The number of primary amides is 1. The number of hydrogen-bond acceptors (Lipinski definition) is 7. The van der Waals surface area contributed by atoms with Crippen LogP contribution in [0.1, 0.15) is 45.1 Å². The maximum absolute atomic E-state index is 13.1. The van der Waals surface area contributed by atoms with E-state index in [2.05, 4.69) is 20.9 Å². The van der Waals surface area contributed by atoms with E-state index in [1.54, 1.807) is 0 Å². The van der Waals surface area contributed by atoms with Gasteiger partial charge in [0.15, 0.2) is 5.96 Å². The zero-order valence-corrected chi connectivity index (χ0v) is 22.3. The Morgan fingerprint density at radius 2 is 1.44 bits per heavy atom. The van der Waals surface area contributed by atoms with E-state index in [0.29, 0.717) is 0 Å². The van der Waals surface area contributed by atoms with Crippen molar-refractivity contribution >= 4 is 35.6 Å². The Morgan fingerprint density at radius 1 is 0.872 bits per heavy atom. The Balaban J connectivity index is 2.94. The van der Waals surface area contributed by atoms with Gasteiger partial charge in [-0.1, -0.05) is 44.2 Å². The van der Waals surface area contributed by atoms with Crippen LogP contribution in [-0.4, -0.2) is 71.4 Å². The standard InChI is InChI=1S/C25H40N8O6/c1-14(2)11-18(32-21(35)16(26)12-15-7-4-3-5-8-15)22(36)33-19(13-20(27)34)23(37)31-17(24(38)39)9-6-10-30-25(28)29/h3-5,7-8,14,16-19H,6,9-13,26H2,1-2H3,(H2,27,34)(H,31,37)(H,32,35)(H,33,36)(H,38,39)(H4,28,29,30). The molecule has 1 aromatic carbocycles. The van der Waals surface area contributed by atoms with Crippen molar-refractivity contribution in [2.24, 2.45) is 33.8 Å². The van der Waals surface area contributed by atoms with Crippen LogP contribution in [0.3, 0.4) is 0 Å². The number of nitrogens with zero attached hydrogens (tertiary/aromatic N) is 1. The van der Waals surface area contributed by atoms with Crippen molar-refractivity contribution in [3.05, 3.63) is 35.9 Å². The number of rotatable bonds is 17. The highest BCUT2D eigenvalue weighted by Crippen LogP contribution is 2.08. The lowest BCUT2D eigenvalue weighted by molar-refractivity contribution is -0.142. The van der Waals surface area contributed by atoms with Gasteiger partial charge in [0.2, 0.25) is 23.6 Å². The quantitative estimate of drug-likeness (QED) is 0.0611. The number of nitrogens with one attached hydrogen (secondary N) is 3. The van der Waals surface area contributed by atoms with Gasteiger partial charge >= 0.3 is 5.97 Å². The summed E-state index contributed by atoms with van der Waals surface area (Å²) in [5, 5.41) is 16.8. The van der Waals surface area contributed by atoms with Gasteiger partial charge in [0.25, 0.3) is 0 Å². The molecular formula is C25H40N8O6. The summed E-state index contributed by atoms with van der Waals surface area (Å²) in [5.41, 5.74) is 22.6. The molecule has 0 bridgehead atoms. The first-order valence-corrected chi connectivity index (χ1v) is 12.6. The van der Waals surface area contributed by atoms with E-state index in [1.807, 2.05) is 44.2 Å². The van der Waals surface area contributed by atoms with Crippen LogP contribution in [0.2, 0.25) is 0 Å². The van der Waals surface area contributed by atoms with Crippen LogP contribution in [-0.2, 0) is 30.4 Å². The molecule has 14 heteroatoms. The second-order valence-corrected chi connectivity index (χ2v) is 9.57. The highest BCUT2D eigenvalue weighted by Gasteiger charge is 2.31. The number of aliphatic carboxylic acids is 1. The average molecular weight is 549 g/mol. The molecule has 0 aliphatic carbocycles. The Hall–Kier alpha value is -4.20. The molecule has 4 atom stereocenters. The summed E-state index contributed by atoms with van der Waals surface area (Å²) in [6.07, 6.45) is 0.0974. The number of carboxylic acids is 1. The molecule has 0 spiro atoms. The minimum atomic E-state index is -1.47. The number of benzene rings is 1. The molecule has 1 aromatic rings. The third kappa shape index (κ3) is 13.2. The molecule has 0 aromatic heterocycles. The number of guanidine groups is 1. The first-order chi connectivity index (χ1) is 18.3. The molecule has 4 amide bonds. The molecular weight excluding hydrogens is 508 g/mol. The van der Waals surface area contributed by atoms with Gasteiger partial charge in [-0.15, -0.1) is 0 Å². The molecule has 0 aliphatic heterocycles. The van der Waals surface area contributed by atoms with Crippen LogP contribution in [0, 0.1) is 5.92 Å². The van der Waals surface area contributed by atoms with Gasteiger partial charge in [-0.2, -0.15) is 0 Å². The van der Waals surface area contributed by atoms with Crippen molar-refractivity contribution in [1.82, 2.24) is 16.0 Å². The van der Waals surface area contributed by atoms with Crippen LogP contribution in [0.15, 0.2) is 35.3 Å². The number of aliphatic imine (C=N–C) groups is 1. The van der Waals surface area contributed by atoms with E-state index >= 15 is 0 Å². The maximum atomic E-state index is 13.1. The molecule has 0 saturated carbocycles. The first-order valence-electron chi connectivity index (χ1n) is 12.6. The first kappa shape index (κ1) is 32.8. The molecule has 0 aliphatic rings. The Kier molecular flexibility index (Phi) is 14.0. The second kappa shape index (κ2) is 16.6. The third-order valence-electron chi connectivity index (χ3n) is 5.57. The van der Waals surface area contributed by atoms with Gasteiger partial charge < -0.3 is 44.0 Å². The fraction of sp³-hybridized carbons (Fsp3) is 0.520. The Labute approximate surface area is 227 Å². The fourth-order valence-electron chi connectivity index (χ4n) is 3.66. The monoisotopic (exact) mass is 548 g/mol. The molecule has 216 valence electrons. The Morgan fingerprint density at radius 3 is 1.97 bits per heavy atom. The smallest absolute Gasteiger partial charge is 0.326 e. The zero-order valence-electron chi connectivity index (χ0n) is 22.3. The van der Waals surface area contributed by atoms with Crippen LogP contribution in [0.5, 0.6) is 0 Å². The molecule has 0 saturated heterocycles. The van der Waals surface area contributed by atoms with E-state index < -0.39 is 60.2 Å². The minimum absolute atomic E-state index is 0.0135. The third-order valence-corrected chi connectivity index (χ3v) is 5.57. The second-order valence-electron chi connectivity index (χ2n) is 9.57. The maximum Gasteiger partial charge on any atom is 0.326 e. The van der Waals surface area contributed by atoms with Gasteiger partial charge in [0.05, 0.1) is 12.5 Å². The summed E-state index contributed by atoms with van der Waals surface area (Å²) in [5.74, 6) is -4.64. The summed E-state index contributed by atoms with van der Waals surface area (Å²) in [7, 11) is 0. The molecule has 1 rings (SSSR count). The van der Waals surface area contributed by atoms with Crippen molar-refractivity contribution in [3.8, 4) is 0 Å². The number of nitrogens with two attached hydrogens (primary N) is 4. The zero-order chi connectivity index (χ0) is 29.5. The Bertz CT molecular complexity index is 1010. The molecule has 39 heavy (non-hydrogen) atoms. The van der Waals surface area contributed by atoms with Crippen LogP contribution < -0.4 is 38.9 Å². The molecule has 0 heterocycles. The normalized spacial score (nSPS) is 13.8. The summed E-state index contributed by atoms with van der Waals surface area (Å²) in [6, 6.07) is 4.30. The van der Waals surface area contributed by atoms with E-state index in [9.17, 15) is 29.1 Å². The summed E-state index contributed by atoms with van der Waals surface area (Å²) in [4.78, 5) is 65.8. The topological polar surface area (TPSA) is 258 Å². The van der Waals surface area contributed by atoms with Crippen LogP contribution in [0.4, 0.5) is 0 Å². The number of hydrogen-bond donors (Lipinski definition) is 8. The van der Waals surface area contributed by atoms with Gasteiger partial charge in [0, 0.05) is 6.54 Å². The molecule has 4 unspecified atom stereocenters. The van der Waals surface area contributed by atoms with Crippen molar-refractivity contribution in [3.63, 3.8) is 0 Å². The fourth-order valence-corrected chi connectivity index (χ4v) is 3.66. The van der Waals surface area contributed by atoms with Gasteiger partial charge in [0.1, 0.15) is 18.1 Å². The van der Waals surface area contributed by atoms with Crippen molar-refractivity contribution < 1.29 is 29.1 Å². The van der Waals surface area contributed by atoms with Crippen LogP contribution in [0.25, 0.3) is 0 Å². The SMILES string of the molecule is CC(C)CC(NC(=O)C(N)Cc1ccccc1)C(=O)NC(CC(N)=O)C(=O)NC(CCCN=C(N)N)C(=O)O. The lowest BCUT2D eigenvalue weighted by Gasteiger charge is -2.25. The highest BCUT2D eigenvalue weighted by atomic mass is 16.4. The van der Waals surface area contributed by atoms with E-state index in [0.717, 1.165) is 5.56 Å². The van der Waals surface area contributed by atoms with E-state index in [-0.39, 0.29) is 44.1 Å². The van der Waals surface area contributed by atoms with Gasteiger partial charge in [-0.3, -0.25) is 24.2 Å². The van der Waals surface area contributed by atoms with Crippen molar-refractivity contribution in [2.75, 3.05) is 6.54 Å². The molecule has 12 N–H and O–H groups in total. The highest BCUT2D eigenvalue weighted by molar-refractivity contribution is 5.96. The van der Waals surface area contributed by atoms with Gasteiger partial charge in [-0.25, -0.2) is 4.79 Å². The lowest BCUT2D eigenvalue weighted by atomic mass is 10.0. The summed E-state index contributed by atoms with van der Waals surface area (Å²) >= 11 is 0.